The van der Waals surface area contributed by atoms with Crippen molar-refractivity contribution in [1.29, 1.82) is 0 Å². The first-order valence-corrected chi connectivity index (χ1v) is 7.64. The zero-order chi connectivity index (χ0) is 15.4. The average molecular weight is 327 g/mol. The van der Waals surface area contributed by atoms with Crippen molar-refractivity contribution < 1.29 is 13.4 Å². The van der Waals surface area contributed by atoms with Crippen LogP contribution in [0.5, 0.6) is 0 Å². The van der Waals surface area contributed by atoms with Crippen LogP contribution in [0.1, 0.15) is 0 Å². The van der Waals surface area contributed by atoms with Crippen LogP contribution in [0.3, 0.4) is 0 Å². The Kier molecular flexibility index (Phi) is 4.93. The van der Waals surface area contributed by atoms with Gasteiger partial charge in [-0.3, -0.25) is 9.00 Å². The molecule has 4 nitrogen and oxygen atoms in total. The molecule has 0 saturated carbocycles. The lowest BCUT2D eigenvalue weighted by atomic mass is 10.3. The molecule has 2 aromatic rings. The Bertz CT molecular complexity index is 689. The second-order valence-electron chi connectivity index (χ2n) is 4.24. The van der Waals surface area contributed by atoms with Gasteiger partial charge in [0, 0.05) is 10.6 Å². The van der Waals surface area contributed by atoms with Gasteiger partial charge in [-0.15, -0.1) is 0 Å². The van der Waals surface area contributed by atoms with Gasteiger partial charge in [0.05, 0.1) is 21.5 Å². The summed E-state index contributed by atoms with van der Waals surface area (Å²) in [7, 11) is -1.69. The number of hydrogen-bond donors (Lipinski definition) is 2. The summed E-state index contributed by atoms with van der Waals surface area (Å²) >= 11 is 5.91. The normalized spacial score (nSPS) is 11.9. The van der Waals surface area contributed by atoms with Crippen molar-refractivity contribution >= 4 is 39.7 Å². The summed E-state index contributed by atoms with van der Waals surface area (Å²) in [5.74, 6) is -1.39. The Labute approximate surface area is 128 Å². The van der Waals surface area contributed by atoms with Crippen LogP contribution < -0.4 is 11.1 Å². The molecule has 1 amide bonds. The number of nitrogens with one attached hydrogen (secondary N) is 1. The first kappa shape index (κ1) is 15.5. The maximum absolute atomic E-state index is 13.2. The predicted molar refractivity (Wildman–Crippen MR) is 82.2 cm³/mol. The molecule has 0 saturated heterocycles. The van der Waals surface area contributed by atoms with Gasteiger partial charge in [0.15, 0.2) is 0 Å². The number of carbonyl (C=O) groups is 1. The van der Waals surface area contributed by atoms with Crippen LogP contribution in [0.15, 0.2) is 47.4 Å². The molecule has 0 radical (unpaired) electrons. The van der Waals surface area contributed by atoms with Gasteiger partial charge in [0.25, 0.3) is 0 Å². The van der Waals surface area contributed by atoms with Crippen molar-refractivity contribution in [2.24, 2.45) is 0 Å². The highest BCUT2D eigenvalue weighted by Gasteiger charge is 2.13. The SMILES string of the molecule is Nc1cc(F)cc(S(=O)CC(=O)Nc2ccccc2Cl)c1. The summed E-state index contributed by atoms with van der Waals surface area (Å²) in [6, 6.07) is 10.3. The van der Waals surface area contributed by atoms with Crippen LogP contribution in [-0.2, 0) is 15.6 Å². The average Bonchev–Trinajstić information content (AvgIpc) is 2.40. The molecule has 0 heterocycles. The summed E-state index contributed by atoms with van der Waals surface area (Å²) in [5.41, 5.74) is 6.07. The molecule has 2 rings (SSSR count). The molecule has 7 heteroatoms. The van der Waals surface area contributed by atoms with E-state index in [-0.39, 0.29) is 16.3 Å². The van der Waals surface area contributed by atoms with Crippen molar-refractivity contribution in [3.8, 4) is 0 Å². The van der Waals surface area contributed by atoms with Crippen molar-refractivity contribution in [3.05, 3.63) is 53.3 Å². The van der Waals surface area contributed by atoms with Gasteiger partial charge in [0.1, 0.15) is 11.6 Å². The quantitative estimate of drug-likeness (QED) is 0.849. The molecule has 2 aromatic carbocycles. The molecule has 0 spiro atoms. The van der Waals surface area contributed by atoms with Crippen LogP contribution in [0.2, 0.25) is 5.02 Å². The minimum Gasteiger partial charge on any atom is -0.399 e. The van der Waals surface area contributed by atoms with Gasteiger partial charge in [-0.1, -0.05) is 23.7 Å². The smallest absolute Gasteiger partial charge is 0.237 e. The van der Waals surface area contributed by atoms with Gasteiger partial charge in [0.2, 0.25) is 5.91 Å². The van der Waals surface area contributed by atoms with E-state index >= 15 is 0 Å². The number of carbonyl (C=O) groups excluding carboxylic acids is 1. The Balaban J connectivity index is 2.06. The van der Waals surface area contributed by atoms with Crippen LogP contribution in [0, 0.1) is 5.82 Å². The third kappa shape index (κ3) is 4.27. The highest BCUT2D eigenvalue weighted by Crippen LogP contribution is 2.20. The molecule has 3 N–H and O–H groups in total. The van der Waals surface area contributed by atoms with Gasteiger partial charge < -0.3 is 11.1 Å². The first-order valence-electron chi connectivity index (χ1n) is 5.94. The van der Waals surface area contributed by atoms with E-state index in [1.165, 1.54) is 6.07 Å². The second kappa shape index (κ2) is 6.69. The molecule has 0 bridgehead atoms. The van der Waals surface area contributed by atoms with E-state index in [1.807, 2.05) is 0 Å². The number of halogens is 2. The highest BCUT2D eigenvalue weighted by molar-refractivity contribution is 7.85. The Hall–Kier alpha value is -1.92. The van der Waals surface area contributed by atoms with Crippen molar-refractivity contribution in [2.45, 2.75) is 4.90 Å². The zero-order valence-corrected chi connectivity index (χ0v) is 12.4. The number of amides is 1. The van der Waals surface area contributed by atoms with Crippen molar-refractivity contribution in [2.75, 3.05) is 16.8 Å². The molecule has 1 unspecified atom stereocenters. The van der Waals surface area contributed by atoms with Crippen molar-refractivity contribution in [3.63, 3.8) is 0 Å². The van der Waals surface area contributed by atoms with E-state index in [4.69, 9.17) is 17.3 Å². The van der Waals surface area contributed by atoms with E-state index in [0.717, 1.165) is 12.1 Å². The van der Waals surface area contributed by atoms with Crippen LogP contribution in [0.25, 0.3) is 0 Å². The molecule has 0 aromatic heterocycles. The summed E-state index contributed by atoms with van der Waals surface area (Å²) in [6.07, 6.45) is 0. The largest absolute Gasteiger partial charge is 0.399 e. The van der Waals surface area contributed by atoms with E-state index in [9.17, 15) is 13.4 Å². The van der Waals surface area contributed by atoms with Crippen LogP contribution >= 0.6 is 11.6 Å². The van der Waals surface area contributed by atoms with E-state index in [1.54, 1.807) is 24.3 Å². The van der Waals surface area contributed by atoms with Gasteiger partial charge >= 0.3 is 0 Å². The molecule has 110 valence electrons. The Morgan fingerprint density at radius 3 is 2.67 bits per heavy atom. The summed E-state index contributed by atoms with van der Waals surface area (Å²) in [6.45, 7) is 0. The fraction of sp³-hybridized carbons (Fsp3) is 0.0714. The molecular formula is C14H12ClFN2O2S. The minimum atomic E-state index is -1.69. The molecular weight excluding hydrogens is 315 g/mol. The molecule has 1 atom stereocenters. The summed E-state index contributed by atoms with van der Waals surface area (Å²) in [5, 5.41) is 2.93. The van der Waals surface area contributed by atoms with Gasteiger partial charge in [-0.05, 0) is 30.3 Å². The highest BCUT2D eigenvalue weighted by atomic mass is 35.5. The fourth-order valence-corrected chi connectivity index (χ4v) is 2.84. The summed E-state index contributed by atoms with van der Waals surface area (Å²) in [4.78, 5) is 12.0. The summed E-state index contributed by atoms with van der Waals surface area (Å²) < 4.78 is 25.2. The lowest BCUT2D eigenvalue weighted by Gasteiger charge is -2.07. The Morgan fingerprint density at radius 1 is 1.29 bits per heavy atom. The number of rotatable bonds is 4. The van der Waals surface area contributed by atoms with E-state index in [2.05, 4.69) is 5.32 Å². The van der Waals surface area contributed by atoms with Gasteiger partial charge in [-0.25, -0.2) is 4.39 Å². The van der Waals surface area contributed by atoms with Crippen LogP contribution in [0.4, 0.5) is 15.8 Å². The fourth-order valence-electron chi connectivity index (χ4n) is 1.67. The maximum Gasteiger partial charge on any atom is 0.237 e. The second-order valence-corrected chi connectivity index (χ2v) is 6.10. The number of anilines is 2. The monoisotopic (exact) mass is 326 g/mol. The minimum absolute atomic E-state index is 0.157. The molecule has 0 aliphatic heterocycles. The van der Waals surface area contributed by atoms with E-state index < -0.39 is 22.5 Å². The Morgan fingerprint density at radius 2 is 2.00 bits per heavy atom. The number of para-hydroxylation sites is 1. The number of benzene rings is 2. The molecule has 0 aliphatic rings. The molecule has 0 fully saturated rings. The van der Waals surface area contributed by atoms with E-state index in [0.29, 0.717) is 10.7 Å². The predicted octanol–water partition coefficient (Wildman–Crippen LogP) is 2.81. The number of nitrogens with two attached hydrogens (primary N) is 1. The standard InChI is InChI=1S/C14H12ClFN2O2S/c15-12-3-1-2-4-13(12)18-14(19)8-21(20)11-6-9(16)5-10(17)7-11/h1-7H,8,17H2,(H,18,19). The van der Waals surface area contributed by atoms with Gasteiger partial charge in [-0.2, -0.15) is 0 Å². The lowest BCUT2D eigenvalue weighted by molar-refractivity contribution is -0.113. The zero-order valence-electron chi connectivity index (χ0n) is 10.8. The molecule has 0 aliphatic carbocycles. The number of nitrogen functional groups attached to an aromatic ring is 1. The van der Waals surface area contributed by atoms with Crippen molar-refractivity contribution in [1.82, 2.24) is 0 Å². The lowest BCUT2D eigenvalue weighted by Crippen LogP contribution is -2.19. The maximum atomic E-state index is 13.2. The third-order valence-electron chi connectivity index (χ3n) is 2.57. The van der Waals surface area contributed by atoms with Crippen LogP contribution in [-0.4, -0.2) is 15.9 Å². The third-order valence-corrected chi connectivity index (χ3v) is 4.18. The topological polar surface area (TPSA) is 72.2 Å². The molecule has 21 heavy (non-hydrogen) atoms. The number of hydrogen-bond acceptors (Lipinski definition) is 3. The first-order chi connectivity index (χ1) is 9.95.